The van der Waals surface area contributed by atoms with E-state index in [0.29, 0.717) is 19.4 Å². The predicted octanol–water partition coefficient (Wildman–Crippen LogP) is 4.08. The van der Waals surface area contributed by atoms with Crippen LogP contribution in [0.5, 0.6) is 5.75 Å². The number of methoxy groups -OCH3 is 1. The molecule has 2 aromatic carbocycles. The number of nitrogens with zero attached hydrogens (tertiary/aromatic N) is 3. The Balaban J connectivity index is 1.32. The summed E-state index contributed by atoms with van der Waals surface area (Å²) in [6, 6.07) is 23.6. The average molecular weight is 499 g/mol. The van der Waals surface area contributed by atoms with Crippen LogP contribution in [0.2, 0.25) is 0 Å². The number of benzene rings is 2. The fraction of sp³-hybridized carbons (Fsp3) is 0.367. The molecule has 1 atom stereocenters. The number of rotatable bonds is 9. The Morgan fingerprint density at radius 3 is 2.46 bits per heavy atom. The van der Waals surface area contributed by atoms with Crippen LogP contribution >= 0.6 is 0 Å². The maximum atomic E-state index is 14.0. The van der Waals surface area contributed by atoms with Crippen LogP contribution in [0.4, 0.5) is 4.79 Å². The van der Waals surface area contributed by atoms with Crippen LogP contribution in [-0.2, 0) is 24.2 Å². The second-order valence-electron chi connectivity index (χ2n) is 9.99. The fourth-order valence-corrected chi connectivity index (χ4v) is 5.69. The molecule has 2 aliphatic heterocycles. The van der Waals surface area contributed by atoms with Gasteiger partial charge in [-0.3, -0.25) is 19.6 Å². The van der Waals surface area contributed by atoms with Gasteiger partial charge in [-0.25, -0.2) is 4.79 Å². The lowest BCUT2D eigenvalue weighted by Crippen LogP contribution is -2.57. The molecule has 0 aliphatic carbocycles. The SMILES string of the molecule is COc1cccc(CN2CCC([C@]3(Cc4ccccc4)NC(=O)N(CCc4ccccn4)C3=O)CC2)c1. The highest BCUT2D eigenvalue weighted by Gasteiger charge is 2.55. The standard InChI is InChI=1S/C30H34N4O3/c1-37-27-12-7-10-24(20-27)22-33-17-13-25(14-18-33)30(21-23-8-3-2-4-9-23)28(35)34(29(36)32-30)19-15-26-11-5-6-16-31-26/h2-12,16,20,25H,13-15,17-19,21-22H2,1H3,(H,32,36)/t30-/m0/s1. The molecule has 3 aromatic rings. The van der Waals surface area contributed by atoms with Crippen molar-refractivity contribution in [3.63, 3.8) is 0 Å². The van der Waals surface area contributed by atoms with Crippen LogP contribution in [0.1, 0.15) is 29.7 Å². The molecular weight excluding hydrogens is 464 g/mol. The van der Waals surface area contributed by atoms with Gasteiger partial charge in [0.1, 0.15) is 11.3 Å². The number of pyridine rings is 1. The normalized spacial score (nSPS) is 20.7. The monoisotopic (exact) mass is 498 g/mol. The van der Waals surface area contributed by atoms with Crippen LogP contribution in [0.3, 0.4) is 0 Å². The first-order valence-electron chi connectivity index (χ1n) is 13.0. The van der Waals surface area contributed by atoms with Gasteiger partial charge in [0.05, 0.1) is 7.11 Å². The molecule has 0 bridgehead atoms. The maximum Gasteiger partial charge on any atom is 0.325 e. The molecule has 1 aromatic heterocycles. The Labute approximate surface area is 218 Å². The van der Waals surface area contributed by atoms with Gasteiger partial charge in [0.2, 0.25) is 0 Å². The molecule has 2 aliphatic rings. The number of aromatic nitrogens is 1. The van der Waals surface area contributed by atoms with E-state index >= 15 is 0 Å². The lowest BCUT2D eigenvalue weighted by Gasteiger charge is -2.41. The summed E-state index contributed by atoms with van der Waals surface area (Å²) in [5, 5.41) is 3.18. The molecule has 3 amide bonds. The molecule has 3 heterocycles. The summed E-state index contributed by atoms with van der Waals surface area (Å²) in [6.45, 7) is 2.91. The molecule has 7 nitrogen and oxygen atoms in total. The van der Waals surface area contributed by atoms with E-state index in [2.05, 4.69) is 27.3 Å². The first kappa shape index (κ1) is 25.0. The molecule has 192 valence electrons. The van der Waals surface area contributed by atoms with E-state index in [1.807, 2.05) is 60.7 Å². The van der Waals surface area contributed by atoms with E-state index in [0.717, 1.165) is 49.5 Å². The third-order valence-electron chi connectivity index (χ3n) is 7.67. The van der Waals surface area contributed by atoms with E-state index in [1.165, 1.54) is 10.5 Å². The van der Waals surface area contributed by atoms with Crippen molar-refractivity contribution in [2.24, 2.45) is 5.92 Å². The summed E-state index contributed by atoms with van der Waals surface area (Å²) in [4.78, 5) is 35.3. The third kappa shape index (κ3) is 5.52. The van der Waals surface area contributed by atoms with Crippen LogP contribution in [-0.4, -0.2) is 59.0 Å². The van der Waals surface area contributed by atoms with Crippen molar-refractivity contribution in [2.75, 3.05) is 26.7 Å². The number of urea groups is 1. The second-order valence-corrected chi connectivity index (χ2v) is 9.99. The molecule has 2 fully saturated rings. The van der Waals surface area contributed by atoms with E-state index < -0.39 is 5.54 Å². The van der Waals surface area contributed by atoms with Gasteiger partial charge in [-0.1, -0.05) is 48.5 Å². The van der Waals surface area contributed by atoms with Crippen LogP contribution in [0.15, 0.2) is 79.0 Å². The number of hydrogen-bond donors (Lipinski definition) is 1. The molecule has 0 unspecified atom stereocenters. The Morgan fingerprint density at radius 2 is 1.73 bits per heavy atom. The Bertz CT molecular complexity index is 1210. The largest absolute Gasteiger partial charge is 0.497 e. The lowest BCUT2D eigenvalue weighted by atomic mass is 9.74. The zero-order valence-electron chi connectivity index (χ0n) is 21.3. The lowest BCUT2D eigenvalue weighted by molar-refractivity contribution is -0.134. The minimum absolute atomic E-state index is 0.0607. The van der Waals surface area contributed by atoms with Crippen LogP contribution in [0.25, 0.3) is 0 Å². The number of nitrogens with one attached hydrogen (secondary N) is 1. The maximum absolute atomic E-state index is 14.0. The van der Waals surface area contributed by atoms with Crippen molar-refractivity contribution >= 4 is 11.9 Å². The van der Waals surface area contributed by atoms with E-state index in [9.17, 15) is 9.59 Å². The van der Waals surface area contributed by atoms with Crippen molar-refractivity contribution in [2.45, 2.75) is 37.8 Å². The first-order chi connectivity index (χ1) is 18.1. The van der Waals surface area contributed by atoms with Crippen molar-refractivity contribution in [3.8, 4) is 5.75 Å². The number of carbonyl (C=O) groups is 2. The predicted molar refractivity (Wildman–Crippen MR) is 142 cm³/mol. The van der Waals surface area contributed by atoms with E-state index in [1.54, 1.807) is 13.3 Å². The highest BCUT2D eigenvalue weighted by molar-refractivity contribution is 6.07. The summed E-state index contributed by atoms with van der Waals surface area (Å²) in [5.74, 6) is 0.813. The van der Waals surface area contributed by atoms with Gasteiger partial charge in [0.15, 0.2) is 0 Å². The first-order valence-corrected chi connectivity index (χ1v) is 13.0. The van der Waals surface area contributed by atoms with Gasteiger partial charge >= 0.3 is 6.03 Å². The Kier molecular flexibility index (Phi) is 7.51. The molecule has 0 saturated carbocycles. The molecule has 0 spiro atoms. The van der Waals surface area contributed by atoms with Gasteiger partial charge < -0.3 is 10.1 Å². The highest BCUT2D eigenvalue weighted by atomic mass is 16.5. The molecular formula is C30H34N4O3. The van der Waals surface area contributed by atoms with Crippen molar-refractivity contribution in [1.82, 2.24) is 20.1 Å². The highest BCUT2D eigenvalue weighted by Crippen LogP contribution is 2.37. The van der Waals surface area contributed by atoms with E-state index in [-0.39, 0.29) is 17.9 Å². The minimum atomic E-state index is -0.926. The summed E-state index contributed by atoms with van der Waals surface area (Å²) < 4.78 is 5.37. The molecule has 2 saturated heterocycles. The minimum Gasteiger partial charge on any atom is -0.497 e. The molecule has 5 rings (SSSR count). The molecule has 7 heteroatoms. The topological polar surface area (TPSA) is 74.8 Å². The Morgan fingerprint density at radius 1 is 0.973 bits per heavy atom. The van der Waals surface area contributed by atoms with Crippen molar-refractivity contribution in [3.05, 3.63) is 95.8 Å². The second kappa shape index (κ2) is 11.1. The number of imide groups is 1. The Hall–Kier alpha value is -3.71. The molecule has 1 N–H and O–H groups in total. The summed E-state index contributed by atoms with van der Waals surface area (Å²) in [7, 11) is 1.68. The average Bonchev–Trinajstić information content (AvgIpc) is 3.18. The number of hydrogen-bond acceptors (Lipinski definition) is 5. The summed E-state index contributed by atoms with van der Waals surface area (Å²) in [5.41, 5.74) is 2.21. The summed E-state index contributed by atoms with van der Waals surface area (Å²) >= 11 is 0. The smallest absolute Gasteiger partial charge is 0.325 e. The number of carbonyl (C=O) groups excluding carboxylic acids is 2. The van der Waals surface area contributed by atoms with Crippen molar-refractivity contribution < 1.29 is 14.3 Å². The fourth-order valence-electron chi connectivity index (χ4n) is 5.69. The number of piperidine rings is 1. The molecule has 0 radical (unpaired) electrons. The summed E-state index contributed by atoms with van der Waals surface area (Å²) in [6.07, 6.45) is 4.47. The van der Waals surface area contributed by atoms with Gasteiger partial charge in [0, 0.05) is 37.8 Å². The zero-order chi connectivity index (χ0) is 25.7. The van der Waals surface area contributed by atoms with Gasteiger partial charge in [-0.05, 0) is 67.2 Å². The van der Waals surface area contributed by atoms with Gasteiger partial charge in [-0.15, -0.1) is 0 Å². The van der Waals surface area contributed by atoms with Crippen LogP contribution < -0.4 is 10.1 Å². The molecule has 37 heavy (non-hydrogen) atoms. The van der Waals surface area contributed by atoms with Crippen LogP contribution in [0, 0.1) is 5.92 Å². The quantitative estimate of drug-likeness (QED) is 0.450. The van der Waals surface area contributed by atoms with Crippen molar-refractivity contribution in [1.29, 1.82) is 0 Å². The number of amides is 3. The number of ether oxygens (including phenoxy) is 1. The number of likely N-dealkylation sites (tertiary alicyclic amines) is 1. The van der Waals surface area contributed by atoms with E-state index in [4.69, 9.17) is 4.74 Å². The van der Waals surface area contributed by atoms with Gasteiger partial charge in [-0.2, -0.15) is 0 Å². The third-order valence-corrected chi connectivity index (χ3v) is 7.67. The zero-order valence-corrected chi connectivity index (χ0v) is 21.3. The van der Waals surface area contributed by atoms with Gasteiger partial charge in [0.25, 0.3) is 5.91 Å².